The average molecular weight is 428 g/mol. The second kappa shape index (κ2) is 20.0. The Balaban J connectivity index is 0. The molecule has 0 atom stereocenters. The fourth-order valence-electron chi connectivity index (χ4n) is 2.80. The van der Waals surface area contributed by atoms with Crippen molar-refractivity contribution in [2.45, 2.75) is 90.4 Å². The van der Waals surface area contributed by atoms with E-state index in [1.165, 1.54) is 57.8 Å². The summed E-state index contributed by atoms with van der Waals surface area (Å²) in [7, 11) is -2.45. The summed E-state index contributed by atoms with van der Waals surface area (Å²) in [5.74, 6) is -0.425. The number of hydrogen-bond donors (Lipinski definition) is 0. The van der Waals surface area contributed by atoms with Gasteiger partial charge in [0.1, 0.15) is 0 Å². The molecule has 0 spiro atoms. The third-order valence-corrected chi connectivity index (χ3v) is 5.29. The summed E-state index contributed by atoms with van der Waals surface area (Å²) in [5.41, 5.74) is 0. The third-order valence-electron chi connectivity index (χ3n) is 4.50. The van der Waals surface area contributed by atoms with Crippen LogP contribution >= 0.6 is 0 Å². The van der Waals surface area contributed by atoms with E-state index in [2.05, 4.69) is 6.92 Å². The number of carbonyl (C=O) groups is 1. The molecule has 27 heavy (non-hydrogen) atoms. The predicted molar refractivity (Wildman–Crippen MR) is 107 cm³/mol. The van der Waals surface area contributed by atoms with E-state index in [1.54, 1.807) is 18.0 Å². The van der Waals surface area contributed by atoms with E-state index < -0.39 is 10.1 Å². The number of nitrogens with zero attached hydrogens (tertiary/aromatic N) is 1. The van der Waals surface area contributed by atoms with Crippen molar-refractivity contribution in [1.29, 1.82) is 0 Å². The molecule has 0 aromatic rings. The second-order valence-corrected chi connectivity index (χ2v) is 8.63. The molecule has 154 valence electrons. The first-order valence-corrected chi connectivity index (χ1v) is 11.8. The van der Waals surface area contributed by atoms with Crippen molar-refractivity contribution >= 4 is 16.0 Å². The molecule has 0 bridgehead atoms. The minimum atomic E-state index is -4.14. The van der Waals surface area contributed by atoms with E-state index in [0.29, 0.717) is 19.4 Å². The molecule has 1 amide bonds. The number of unbranched alkanes of at least 4 members (excludes halogenated alkanes) is 11. The number of amides is 1. The molecular formula is C20H38KNO4S. The van der Waals surface area contributed by atoms with Gasteiger partial charge in [-0.25, -0.2) is 8.42 Å². The van der Waals surface area contributed by atoms with Crippen LogP contribution in [-0.4, -0.2) is 43.1 Å². The van der Waals surface area contributed by atoms with E-state index in [0.717, 1.165) is 12.8 Å². The first-order chi connectivity index (χ1) is 12.4. The molecule has 0 aliphatic rings. The standard InChI is InChI=1S/C20H39NO4S.K/c1-3-4-5-6-7-8-9-10-11-12-13-14-17-20(22)21(2)18-15-16-19-26(23,24)25;/h14,17H,3-13,15-16,18-19H2,1-2H3,(H,23,24,25);/q;+1/p-1/b17-14+;. The van der Waals surface area contributed by atoms with Crippen LogP contribution in [0, 0.1) is 0 Å². The summed E-state index contributed by atoms with van der Waals surface area (Å²) in [6.07, 6.45) is 18.3. The zero-order valence-corrected chi connectivity index (χ0v) is 21.7. The SMILES string of the molecule is CCCCCCCCCCCC/C=C/C(=O)N(C)CCCCS(=O)(=O)[O-].[K+]. The van der Waals surface area contributed by atoms with Gasteiger partial charge in [-0.15, -0.1) is 0 Å². The fourth-order valence-corrected chi connectivity index (χ4v) is 3.36. The van der Waals surface area contributed by atoms with Crippen molar-refractivity contribution in [3.8, 4) is 0 Å². The Labute approximate surface area is 209 Å². The van der Waals surface area contributed by atoms with Crippen LogP contribution in [0.15, 0.2) is 12.2 Å². The second-order valence-electron chi connectivity index (χ2n) is 7.10. The Hall–Kier alpha value is 0.756. The molecule has 0 N–H and O–H groups in total. The Kier molecular flexibility index (Phi) is 22.2. The molecule has 0 saturated heterocycles. The maximum absolute atomic E-state index is 11.9. The quantitative estimate of drug-likeness (QED) is 0.153. The number of likely N-dealkylation sites (N-methyl/N-ethyl adjacent to an activating group) is 1. The van der Waals surface area contributed by atoms with Crippen molar-refractivity contribution in [3.63, 3.8) is 0 Å². The first kappa shape index (κ1) is 30.0. The van der Waals surface area contributed by atoms with Crippen molar-refractivity contribution in [3.05, 3.63) is 12.2 Å². The van der Waals surface area contributed by atoms with Crippen LogP contribution in [0.3, 0.4) is 0 Å². The molecule has 0 radical (unpaired) electrons. The molecule has 0 aliphatic heterocycles. The molecular weight excluding hydrogens is 389 g/mol. The first-order valence-electron chi connectivity index (χ1n) is 10.2. The molecule has 0 aliphatic carbocycles. The largest absolute Gasteiger partial charge is 1.00 e. The van der Waals surface area contributed by atoms with Crippen molar-refractivity contribution in [1.82, 2.24) is 4.90 Å². The molecule has 0 unspecified atom stereocenters. The summed E-state index contributed by atoms with van der Waals surface area (Å²) < 4.78 is 31.5. The number of hydrogen-bond acceptors (Lipinski definition) is 4. The van der Waals surface area contributed by atoms with Gasteiger partial charge in [0, 0.05) is 19.3 Å². The zero-order chi connectivity index (χ0) is 19.7. The van der Waals surface area contributed by atoms with Gasteiger partial charge in [-0.05, 0) is 31.8 Å². The van der Waals surface area contributed by atoms with Crippen molar-refractivity contribution < 1.29 is 69.1 Å². The van der Waals surface area contributed by atoms with Gasteiger partial charge >= 0.3 is 51.4 Å². The Bertz CT molecular complexity index is 480. The Morgan fingerprint density at radius 2 is 1.41 bits per heavy atom. The molecule has 0 fully saturated rings. The van der Waals surface area contributed by atoms with Gasteiger partial charge in [0.05, 0.1) is 10.1 Å². The van der Waals surface area contributed by atoms with Crippen LogP contribution in [0.4, 0.5) is 0 Å². The zero-order valence-electron chi connectivity index (χ0n) is 17.7. The minimum absolute atomic E-state index is 0. The van der Waals surface area contributed by atoms with Gasteiger partial charge < -0.3 is 9.45 Å². The van der Waals surface area contributed by atoms with E-state index in [4.69, 9.17) is 0 Å². The normalized spacial score (nSPS) is 11.5. The number of carbonyl (C=O) groups excluding carboxylic acids is 1. The molecule has 0 saturated carbocycles. The number of allylic oxidation sites excluding steroid dienone is 1. The van der Waals surface area contributed by atoms with Gasteiger partial charge in [0.15, 0.2) is 0 Å². The van der Waals surface area contributed by atoms with Gasteiger partial charge in [-0.1, -0.05) is 70.8 Å². The van der Waals surface area contributed by atoms with Crippen LogP contribution < -0.4 is 51.4 Å². The summed E-state index contributed by atoms with van der Waals surface area (Å²) in [5, 5.41) is 0. The van der Waals surface area contributed by atoms with Crippen LogP contribution in [0.25, 0.3) is 0 Å². The fraction of sp³-hybridized carbons (Fsp3) is 0.850. The molecule has 7 heteroatoms. The summed E-state index contributed by atoms with van der Waals surface area (Å²) in [6, 6.07) is 0. The van der Waals surface area contributed by atoms with Gasteiger partial charge in [-0.2, -0.15) is 0 Å². The Morgan fingerprint density at radius 1 is 0.889 bits per heavy atom. The Morgan fingerprint density at radius 3 is 1.93 bits per heavy atom. The number of rotatable bonds is 17. The van der Waals surface area contributed by atoms with Crippen LogP contribution in [0.5, 0.6) is 0 Å². The maximum Gasteiger partial charge on any atom is 1.00 e. The van der Waals surface area contributed by atoms with Gasteiger partial charge in [0.2, 0.25) is 5.91 Å². The smallest absolute Gasteiger partial charge is 0.748 e. The molecule has 0 aromatic carbocycles. The minimum Gasteiger partial charge on any atom is -0.748 e. The predicted octanol–water partition coefficient (Wildman–Crippen LogP) is 1.64. The third kappa shape index (κ3) is 22.9. The van der Waals surface area contributed by atoms with Crippen LogP contribution in [0.2, 0.25) is 0 Å². The van der Waals surface area contributed by atoms with Crippen LogP contribution in [0.1, 0.15) is 90.4 Å². The van der Waals surface area contributed by atoms with Crippen LogP contribution in [-0.2, 0) is 14.9 Å². The van der Waals surface area contributed by atoms with Crippen molar-refractivity contribution in [2.24, 2.45) is 0 Å². The van der Waals surface area contributed by atoms with Gasteiger partial charge in [0.25, 0.3) is 0 Å². The average Bonchev–Trinajstić information content (AvgIpc) is 2.58. The van der Waals surface area contributed by atoms with E-state index in [-0.39, 0.29) is 63.0 Å². The monoisotopic (exact) mass is 427 g/mol. The van der Waals surface area contributed by atoms with E-state index in [1.807, 2.05) is 6.08 Å². The molecule has 5 nitrogen and oxygen atoms in total. The van der Waals surface area contributed by atoms with E-state index in [9.17, 15) is 17.8 Å². The summed E-state index contributed by atoms with van der Waals surface area (Å²) in [4.78, 5) is 13.4. The molecule has 0 aromatic heterocycles. The molecule has 0 heterocycles. The summed E-state index contributed by atoms with van der Waals surface area (Å²) in [6.45, 7) is 2.71. The maximum atomic E-state index is 11.9. The topological polar surface area (TPSA) is 77.5 Å². The van der Waals surface area contributed by atoms with Crippen molar-refractivity contribution in [2.75, 3.05) is 19.3 Å². The summed E-state index contributed by atoms with van der Waals surface area (Å²) >= 11 is 0. The van der Waals surface area contributed by atoms with E-state index >= 15 is 0 Å². The molecule has 0 rings (SSSR count). The van der Waals surface area contributed by atoms with Gasteiger partial charge in [-0.3, -0.25) is 4.79 Å².